The lowest BCUT2D eigenvalue weighted by Crippen LogP contribution is -2.52. The van der Waals surface area contributed by atoms with Crippen LogP contribution in [0.25, 0.3) is 0 Å². The summed E-state index contributed by atoms with van der Waals surface area (Å²) in [5, 5.41) is 3.77. The molecule has 1 N–H and O–H groups in total. The van der Waals surface area contributed by atoms with E-state index < -0.39 is 17.7 Å². The number of urea groups is 1. The smallest absolute Gasteiger partial charge is 0.317 e. The Morgan fingerprint density at radius 1 is 0.946 bits per heavy atom. The number of nitrogens with zero attached hydrogens (tertiary/aromatic N) is 2. The van der Waals surface area contributed by atoms with E-state index in [1.54, 1.807) is 12.1 Å². The molecule has 5 nitrogen and oxygen atoms in total. The Balaban J connectivity index is 1.15. The molecule has 0 bridgehead atoms. The lowest BCUT2D eigenvalue weighted by Gasteiger charge is -2.36. The van der Waals surface area contributed by atoms with Gasteiger partial charge in [-0.25, -0.2) is 13.6 Å². The van der Waals surface area contributed by atoms with E-state index in [0.29, 0.717) is 43.7 Å². The summed E-state index contributed by atoms with van der Waals surface area (Å²) in [5.41, 5.74) is 2.06. The van der Waals surface area contributed by atoms with Crippen molar-refractivity contribution in [1.29, 1.82) is 0 Å². The minimum atomic E-state index is -0.625. The molecular formula is C29H30ClF2N3O2. The van der Waals surface area contributed by atoms with Gasteiger partial charge in [0.25, 0.3) is 0 Å². The van der Waals surface area contributed by atoms with E-state index in [1.165, 1.54) is 23.8 Å². The largest absolute Gasteiger partial charge is 0.367 e. The highest BCUT2D eigenvalue weighted by Crippen LogP contribution is 2.40. The number of benzene rings is 3. The quantitative estimate of drug-likeness (QED) is 0.407. The summed E-state index contributed by atoms with van der Waals surface area (Å²) in [5.74, 6) is -0.859. The number of carbonyl (C=O) groups excluding carboxylic acids is 1. The van der Waals surface area contributed by atoms with Crippen LogP contribution in [0.5, 0.6) is 0 Å². The molecule has 0 aromatic heterocycles. The molecule has 1 aliphatic heterocycles. The van der Waals surface area contributed by atoms with Gasteiger partial charge < -0.3 is 15.0 Å². The number of piperazine rings is 1. The van der Waals surface area contributed by atoms with Crippen molar-refractivity contribution in [3.05, 3.63) is 106 Å². The van der Waals surface area contributed by atoms with E-state index in [9.17, 15) is 13.6 Å². The maximum absolute atomic E-state index is 14.2. The molecular weight excluding hydrogens is 496 g/mol. The van der Waals surface area contributed by atoms with Crippen molar-refractivity contribution in [2.75, 3.05) is 32.7 Å². The van der Waals surface area contributed by atoms with Crippen LogP contribution in [0.3, 0.4) is 0 Å². The Labute approximate surface area is 221 Å². The van der Waals surface area contributed by atoms with Gasteiger partial charge in [-0.05, 0) is 41.8 Å². The van der Waals surface area contributed by atoms with Gasteiger partial charge in [-0.2, -0.15) is 0 Å². The van der Waals surface area contributed by atoms with Crippen LogP contribution in [0.15, 0.2) is 72.8 Å². The van der Waals surface area contributed by atoms with Crippen LogP contribution >= 0.6 is 11.6 Å². The molecule has 8 heteroatoms. The molecule has 1 saturated heterocycles. The number of amides is 2. The van der Waals surface area contributed by atoms with Crippen molar-refractivity contribution >= 4 is 17.6 Å². The first-order chi connectivity index (χ1) is 18.0. The minimum absolute atomic E-state index is 0.0244. The van der Waals surface area contributed by atoms with E-state index in [4.69, 9.17) is 16.3 Å². The first-order valence-electron chi connectivity index (χ1n) is 12.6. The lowest BCUT2D eigenvalue weighted by atomic mass is 10.1. The highest BCUT2D eigenvalue weighted by molar-refractivity contribution is 6.30. The highest BCUT2D eigenvalue weighted by atomic mass is 35.5. The van der Waals surface area contributed by atoms with Gasteiger partial charge in [0.2, 0.25) is 0 Å². The predicted molar refractivity (Wildman–Crippen MR) is 139 cm³/mol. The zero-order valence-corrected chi connectivity index (χ0v) is 21.2. The van der Waals surface area contributed by atoms with Crippen molar-refractivity contribution < 1.29 is 18.3 Å². The summed E-state index contributed by atoms with van der Waals surface area (Å²) in [6.07, 6.45) is 0.563. The molecule has 37 heavy (non-hydrogen) atoms. The average Bonchev–Trinajstić information content (AvgIpc) is 3.68. The third kappa shape index (κ3) is 6.47. The highest BCUT2D eigenvalue weighted by Gasteiger charge is 2.40. The second-order valence-electron chi connectivity index (χ2n) is 9.65. The molecule has 1 heterocycles. The Morgan fingerprint density at radius 2 is 1.62 bits per heavy atom. The summed E-state index contributed by atoms with van der Waals surface area (Å²) in [4.78, 5) is 16.9. The van der Waals surface area contributed by atoms with Gasteiger partial charge in [0.05, 0.1) is 12.7 Å². The Kier molecular flexibility index (Phi) is 8.03. The van der Waals surface area contributed by atoms with Crippen LogP contribution in [-0.4, -0.2) is 54.6 Å². The molecule has 2 aliphatic rings. The molecule has 1 aliphatic carbocycles. The minimum Gasteiger partial charge on any atom is -0.367 e. The second-order valence-corrected chi connectivity index (χ2v) is 10.1. The summed E-state index contributed by atoms with van der Waals surface area (Å²) >= 11 is 6.06. The van der Waals surface area contributed by atoms with E-state index in [1.807, 2.05) is 35.2 Å². The van der Waals surface area contributed by atoms with E-state index in [-0.39, 0.29) is 24.2 Å². The van der Waals surface area contributed by atoms with Crippen LogP contribution in [0.2, 0.25) is 5.02 Å². The van der Waals surface area contributed by atoms with Crippen LogP contribution in [0, 0.1) is 11.6 Å². The number of hydrogen-bond donors (Lipinski definition) is 1. The molecule has 2 fully saturated rings. The maximum Gasteiger partial charge on any atom is 0.317 e. The third-order valence-corrected chi connectivity index (χ3v) is 7.39. The zero-order valence-electron chi connectivity index (χ0n) is 20.5. The van der Waals surface area contributed by atoms with Crippen LogP contribution < -0.4 is 5.32 Å². The van der Waals surface area contributed by atoms with Crippen molar-refractivity contribution in [3.8, 4) is 0 Å². The van der Waals surface area contributed by atoms with Gasteiger partial charge in [0, 0.05) is 55.3 Å². The lowest BCUT2D eigenvalue weighted by molar-refractivity contribution is 0.00340. The molecule has 5 rings (SSSR count). The first-order valence-corrected chi connectivity index (χ1v) is 13.0. The van der Waals surface area contributed by atoms with Crippen LogP contribution in [0.4, 0.5) is 13.6 Å². The summed E-state index contributed by atoms with van der Waals surface area (Å²) in [7, 11) is 0. The van der Waals surface area contributed by atoms with Gasteiger partial charge >= 0.3 is 6.03 Å². The van der Waals surface area contributed by atoms with Gasteiger partial charge in [-0.3, -0.25) is 4.90 Å². The van der Waals surface area contributed by atoms with Gasteiger partial charge in [0.15, 0.2) is 0 Å². The second kappa shape index (κ2) is 11.6. The van der Waals surface area contributed by atoms with Crippen molar-refractivity contribution in [1.82, 2.24) is 15.1 Å². The molecule has 0 radical (unpaired) electrons. The number of hydrogen-bond acceptors (Lipinski definition) is 3. The molecule has 0 spiro atoms. The number of nitrogens with one attached hydrogen (secondary N) is 1. The maximum atomic E-state index is 14.2. The van der Waals surface area contributed by atoms with Gasteiger partial charge in [0.1, 0.15) is 11.6 Å². The molecule has 2 unspecified atom stereocenters. The summed E-state index contributed by atoms with van der Waals surface area (Å²) in [6, 6.07) is 21.5. The van der Waals surface area contributed by atoms with Crippen LogP contribution in [-0.2, 0) is 11.3 Å². The van der Waals surface area contributed by atoms with E-state index >= 15 is 0 Å². The van der Waals surface area contributed by atoms with Gasteiger partial charge in [-0.15, -0.1) is 0 Å². The third-order valence-electron chi connectivity index (χ3n) is 7.14. The fourth-order valence-corrected chi connectivity index (χ4v) is 4.95. The molecule has 194 valence electrons. The molecule has 3 aromatic carbocycles. The Morgan fingerprint density at radius 3 is 2.30 bits per heavy atom. The molecule has 3 atom stereocenters. The normalized spacial score (nSPS) is 20.5. The van der Waals surface area contributed by atoms with E-state index in [2.05, 4.69) is 22.3 Å². The van der Waals surface area contributed by atoms with Crippen molar-refractivity contribution in [2.45, 2.75) is 31.1 Å². The molecule has 2 amide bonds. The monoisotopic (exact) mass is 525 g/mol. The first kappa shape index (κ1) is 25.6. The Bertz CT molecular complexity index is 1180. The number of halogens is 3. The SMILES string of the molecule is O=C(NC1C[C@H]1c1ccccc1)N1CCN(CC(OCc2c(F)cccc2F)c2ccc(Cl)cc2)CC1. The van der Waals surface area contributed by atoms with Gasteiger partial charge in [-0.1, -0.05) is 60.1 Å². The van der Waals surface area contributed by atoms with Crippen LogP contribution in [0.1, 0.15) is 35.1 Å². The molecule has 1 saturated carbocycles. The van der Waals surface area contributed by atoms with Crippen molar-refractivity contribution in [2.24, 2.45) is 0 Å². The zero-order chi connectivity index (χ0) is 25.8. The standard InChI is InChI=1S/C29H30ClF2N3O2/c30-22-11-9-21(10-12-22)28(37-19-24-25(31)7-4-8-26(24)32)18-34-13-15-35(16-14-34)29(36)33-27-17-23(27)20-5-2-1-3-6-20/h1-12,23,27-28H,13-19H2,(H,33,36)/t23-,27?,28?/m0/s1. The molecule has 3 aromatic rings. The van der Waals surface area contributed by atoms with E-state index in [0.717, 1.165) is 12.0 Å². The summed E-state index contributed by atoms with van der Waals surface area (Å²) in [6.45, 7) is 2.92. The number of ether oxygens (including phenoxy) is 1. The topological polar surface area (TPSA) is 44.8 Å². The number of rotatable bonds is 8. The fraction of sp³-hybridized carbons (Fsp3) is 0.345. The van der Waals surface area contributed by atoms with Crippen molar-refractivity contribution in [3.63, 3.8) is 0 Å². The Hall–Kier alpha value is -3.00. The average molecular weight is 526 g/mol. The fourth-order valence-electron chi connectivity index (χ4n) is 4.83. The predicted octanol–water partition coefficient (Wildman–Crippen LogP) is 5.76. The number of carbonyl (C=O) groups is 1. The summed E-state index contributed by atoms with van der Waals surface area (Å²) < 4.78 is 34.4.